The monoisotopic (exact) mass is 266 g/mol. The zero-order valence-corrected chi connectivity index (χ0v) is 10.5. The predicted molar refractivity (Wildman–Crippen MR) is 72.1 cm³/mol. The lowest BCUT2D eigenvalue weighted by Gasteiger charge is -2.17. The van der Waals surface area contributed by atoms with Gasteiger partial charge in [-0.3, -0.25) is 5.84 Å². The van der Waals surface area contributed by atoms with Crippen molar-refractivity contribution in [3.8, 4) is 0 Å². The summed E-state index contributed by atoms with van der Waals surface area (Å²) in [6, 6.07) is 15.0. The van der Waals surface area contributed by atoms with E-state index in [9.17, 15) is 0 Å². The molecule has 3 N–H and O–H groups in total. The van der Waals surface area contributed by atoms with E-state index in [1.54, 1.807) is 0 Å². The van der Waals surface area contributed by atoms with Crippen LogP contribution in [0.1, 0.15) is 17.2 Å². The number of rotatable bonds is 3. The molecule has 0 radical (unpaired) electrons. The Hall–Kier alpha value is -1.06. The van der Waals surface area contributed by atoms with Crippen molar-refractivity contribution in [2.24, 2.45) is 5.84 Å². The van der Waals surface area contributed by atoms with Crippen molar-refractivity contribution < 1.29 is 0 Å². The van der Waals surface area contributed by atoms with Crippen molar-refractivity contribution in [3.05, 3.63) is 69.7 Å². The highest BCUT2D eigenvalue weighted by Gasteiger charge is 2.12. The summed E-state index contributed by atoms with van der Waals surface area (Å²) in [6.07, 6.45) is 0. The van der Waals surface area contributed by atoms with Crippen LogP contribution in [-0.4, -0.2) is 0 Å². The SMILES string of the molecule is NNC(c1cccc(Cl)c1)c1cccc(Cl)c1. The summed E-state index contributed by atoms with van der Waals surface area (Å²) in [6.45, 7) is 0. The molecule has 0 unspecified atom stereocenters. The molecule has 2 aromatic carbocycles. The Morgan fingerprint density at radius 3 is 1.71 bits per heavy atom. The molecule has 0 saturated carbocycles. The molecule has 0 amide bonds. The molecule has 0 aromatic heterocycles. The number of nitrogens with two attached hydrogens (primary N) is 1. The highest BCUT2D eigenvalue weighted by molar-refractivity contribution is 6.31. The highest BCUT2D eigenvalue weighted by Crippen LogP contribution is 2.25. The second kappa shape index (κ2) is 5.52. The van der Waals surface area contributed by atoms with Crippen LogP contribution in [0.5, 0.6) is 0 Å². The summed E-state index contributed by atoms with van der Waals surface area (Å²) in [5.74, 6) is 5.60. The Labute approximate surface area is 110 Å². The van der Waals surface area contributed by atoms with E-state index in [0.717, 1.165) is 11.1 Å². The fourth-order valence-corrected chi connectivity index (χ4v) is 2.15. The highest BCUT2D eigenvalue weighted by atomic mass is 35.5. The summed E-state index contributed by atoms with van der Waals surface area (Å²) in [4.78, 5) is 0. The Kier molecular flexibility index (Phi) is 4.02. The van der Waals surface area contributed by atoms with Gasteiger partial charge >= 0.3 is 0 Å². The van der Waals surface area contributed by atoms with E-state index in [1.165, 1.54) is 0 Å². The molecule has 2 aromatic rings. The molecule has 0 fully saturated rings. The lowest BCUT2D eigenvalue weighted by molar-refractivity contribution is 0.637. The molecule has 2 nitrogen and oxygen atoms in total. The normalized spacial score (nSPS) is 10.8. The predicted octanol–water partition coefficient (Wildman–Crippen LogP) is 3.55. The van der Waals surface area contributed by atoms with Gasteiger partial charge in [-0.15, -0.1) is 0 Å². The van der Waals surface area contributed by atoms with Gasteiger partial charge in [0.05, 0.1) is 6.04 Å². The molecule has 0 atom stereocenters. The number of benzene rings is 2. The number of hydrogen-bond acceptors (Lipinski definition) is 2. The third-order valence-electron chi connectivity index (χ3n) is 2.53. The van der Waals surface area contributed by atoms with Gasteiger partial charge in [-0.1, -0.05) is 47.5 Å². The van der Waals surface area contributed by atoms with Gasteiger partial charge in [-0.05, 0) is 35.4 Å². The molecule has 0 heterocycles. The van der Waals surface area contributed by atoms with Crippen LogP contribution in [-0.2, 0) is 0 Å². The minimum atomic E-state index is -0.118. The maximum absolute atomic E-state index is 5.97. The maximum atomic E-state index is 5.97. The largest absolute Gasteiger partial charge is 0.271 e. The third kappa shape index (κ3) is 2.99. The third-order valence-corrected chi connectivity index (χ3v) is 3.00. The van der Waals surface area contributed by atoms with Crippen LogP contribution in [0.25, 0.3) is 0 Å². The molecular weight excluding hydrogens is 255 g/mol. The summed E-state index contributed by atoms with van der Waals surface area (Å²) in [7, 11) is 0. The summed E-state index contributed by atoms with van der Waals surface area (Å²) in [5, 5.41) is 1.37. The fraction of sp³-hybridized carbons (Fsp3) is 0.0769. The van der Waals surface area contributed by atoms with Gasteiger partial charge in [0.15, 0.2) is 0 Å². The van der Waals surface area contributed by atoms with Gasteiger partial charge in [-0.25, -0.2) is 5.43 Å². The van der Waals surface area contributed by atoms with E-state index in [2.05, 4.69) is 5.43 Å². The molecule has 0 bridgehead atoms. The van der Waals surface area contributed by atoms with Crippen molar-refractivity contribution in [1.29, 1.82) is 0 Å². The van der Waals surface area contributed by atoms with Gasteiger partial charge in [0, 0.05) is 10.0 Å². The first-order valence-corrected chi connectivity index (χ1v) is 5.93. The number of nitrogens with one attached hydrogen (secondary N) is 1. The molecule has 2 rings (SSSR count). The van der Waals surface area contributed by atoms with Crippen LogP contribution in [0.4, 0.5) is 0 Å². The van der Waals surface area contributed by atoms with E-state index in [4.69, 9.17) is 29.0 Å². The fourth-order valence-electron chi connectivity index (χ4n) is 1.76. The van der Waals surface area contributed by atoms with Gasteiger partial charge in [0.2, 0.25) is 0 Å². The second-order valence-corrected chi connectivity index (χ2v) is 4.58. The first-order valence-electron chi connectivity index (χ1n) is 5.18. The van der Waals surface area contributed by atoms with E-state index >= 15 is 0 Å². The van der Waals surface area contributed by atoms with Crippen molar-refractivity contribution in [1.82, 2.24) is 5.43 Å². The topological polar surface area (TPSA) is 38.0 Å². The molecule has 0 aliphatic carbocycles. The Bertz CT molecular complexity index is 469. The number of halogens is 2. The molecule has 88 valence electrons. The molecule has 17 heavy (non-hydrogen) atoms. The van der Waals surface area contributed by atoms with Crippen molar-refractivity contribution >= 4 is 23.2 Å². The molecule has 4 heteroatoms. The Morgan fingerprint density at radius 2 is 1.35 bits per heavy atom. The van der Waals surface area contributed by atoms with E-state index in [-0.39, 0.29) is 6.04 Å². The summed E-state index contributed by atoms with van der Waals surface area (Å²) < 4.78 is 0. The van der Waals surface area contributed by atoms with Crippen LogP contribution >= 0.6 is 23.2 Å². The standard InChI is InChI=1S/C13H12Cl2N2/c14-11-5-1-3-9(7-11)13(17-16)10-4-2-6-12(15)8-10/h1-8,13,17H,16H2. The van der Waals surface area contributed by atoms with Crippen molar-refractivity contribution in [3.63, 3.8) is 0 Å². The second-order valence-electron chi connectivity index (χ2n) is 3.71. The van der Waals surface area contributed by atoms with Gasteiger partial charge < -0.3 is 0 Å². The zero-order valence-electron chi connectivity index (χ0n) is 9.03. The Morgan fingerprint density at radius 1 is 0.882 bits per heavy atom. The lowest BCUT2D eigenvalue weighted by atomic mass is 9.99. The maximum Gasteiger partial charge on any atom is 0.0711 e. The van der Waals surface area contributed by atoms with E-state index < -0.39 is 0 Å². The first kappa shape index (κ1) is 12.4. The smallest absolute Gasteiger partial charge is 0.0711 e. The number of hydrogen-bond donors (Lipinski definition) is 2. The van der Waals surface area contributed by atoms with Crippen LogP contribution in [0.3, 0.4) is 0 Å². The van der Waals surface area contributed by atoms with E-state index in [1.807, 2.05) is 48.5 Å². The van der Waals surface area contributed by atoms with Gasteiger partial charge in [-0.2, -0.15) is 0 Å². The summed E-state index contributed by atoms with van der Waals surface area (Å²) in [5.41, 5.74) is 4.78. The number of hydrazine groups is 1. The van der Waals surface area contributed by atoms with Gasteiger partial charge in [0.1, 0.15) is 0 Å². The Balaban J connectivity index is 2.40. The average molecular weight is 267 g/mol. The molecule has 0 saturated heterocycles. The molecule has 0 spiro atoms. The average Bonchev–Trinajstić information content (AvgIpc) is 2.30. The van der Waals surface area contributed by atoms with Crippen molar-refractivity contribution in [2.45, 2.75) is 6.04 Å². The summed E-state index contributed by atoms with van der Waals surface area (Å²) >= 11 is 11.9. The zero-order chi connectivity index (χ0) is 12.3. The van der Waals surface area contributed by atoms with Crippen LogP contribution in [0.2, 0.25) is 10.0 Å². The van der Waals surface area contributed by atoms with Crippen LogP contribution < -0.4 is 11.3 Å². The van der Waals surface area contributed by atoms with Crippen LogP contribution in [0, 0.1) is 0 Å². The minimum Gasteiger partial charge on any atom is -0.271 e. The van der Waals surface area contributed by atoms with Crippen LogP contribution in [0.15, 0.2) is 48.5 Å². The minimum absolute atomic E-state index is 0.118. The van der Waals surface area contributed by atoms with Crippen molar-refractivity contribution in [2.75, 3.05) is 0 Å². The first-order chi connectivity index (χ1) is 8.20. The van der Waals surface area contributed by atoms with Gasteiger partial charge in [0.25, 0.3) is 0 Å². The molecule has 0 aliphatic rings. The molecule has 0 aliphatic heterocycles. The molecular formula is C13H12Cl2N2. The van der Waals surface area contributed by atoms with E-state index in [0.29, 0.717) is 10.0 Å². The lowest BCUT2D eigenvalue weighted by Crippen LogP contribution is -2.28. The quantitative estimate of drug-likeness (QED) is 0.659.